The van der Waals surface area contributed by atoms with Crippen LogP contribution in [0.2, 0.25) is 0 Å². The molecular formula is C17H15N4O4S-. The van der Waals surface area contributed by atoms with Gasteiger partial charge in [-0.15, -0.1) is 10.2 Å². The fraction of sp³-hybridized carbons (Fsp3) is 0.118. The van der Waals surface area contributed by atoms with E-state index in [0.717, 1.165) is 17.3 Å². The Kier molecular flexibility index (Phi) is 5.84. The number of carbonyl (C=O) groups is 1. The minimum Gasteiger partial charge on any atom is -0.733 e. The molecule has 134 valence electrons. The number of nitrogens with zero attached hydrogens (tertiary/aromatic N) is 3. The summed E-state index contributed by atoms with van der Waals surface area (Å²) in [5.74, 6) is 0.243. The Balaban J connectivity index is 1.51. The van der Waals surface area contributed by atoms with Crippen molar-refractivity contribution in [3.8, 4) is 0 Å². The molecule has 0 atom stereocenters. The smallest absolute Gasteiger partial charge is 0.277 e. The first-order valence-corrected chi connectivity index (χ1v) is 8.64. The van der Waals surface area contributed by atoms with E-state index in [-0.39, 0.29) is 22.6 Å². The second-order valence-electron chi connectivity index (χ2n) is 5.28. The van der Waals surface area contributed by atoms with E-state index in [9.17, 15) is 10.0 Å². The molecule has 3 rings (SSSR count). The van der Waals surface area contributed by atoms with Gasteiger partial charge in [0.15, 0.2) is 0 Å². The topological polar surface area (TPSA) is 115 Å². The number of hydrogen-bond acceptors (Lipinski definition) is 8. The highest BCUT2D eigenvalue weighted by atomic mass is 32.2. The molecule has 0 unspecified atom stereocenters. The first kappa shape index (κ1) is 17.9. The highest BCUT2D eigenvalue weighted by Crippen LogP contribution is 2.20. The Labute approximate surface area is 153 Å². The molecule has 0 radical (unpaired) electrons. The molecule has 0 aliphatic rings. The van der Waals surface area contributed by atoms with Crippen molar-refractivity contribution in [2.45, 2.75) is 11.6 Å². The lowest BCUT2D eigenvalue weighted by Gasteiger charge is -2.21. The summed E-state index contributed by atoms with van der Waals surface area (Å²) in [5, 5.41) is 30.3. The lowest BCUT2D eigenvalue weighted by atomic mass is 10.2. The van der Waals surface area contributed by atoms with Crippen molar-refractivity contribution in [3.63, 3.8) is 0 Å². The van der Waals surface area contributed by atoms with Crippen LogP contribution in [0, 0.1) is 5.21 Å². The van der Waals surface area contributed by atoms with Crippen molar-refractivity contribution in [3.05, 3.63) is 71.3 Å². The molecule has 26 heavy (non-hydrogen) atoms. The molecule has 1 heterocycles. The van der Waals surface area contributed by atoms with Crippen LogP contribution in [-0.4, -0.2) is 27.1 Å². The molecule has 1 amide bonds. The Morgan fingerprint density at radius 2 is 2.00 bits per heavy atom. The van der Waals surface area contributed by atoms with Crippen molar-refractivity contribution in [1.82, 2.24) is 10.2 Å². The molecule has 2 aromatic carbocycles. The zero-order chi connectivity index (χ0) is 18.4. The van der Waals surface area contributed by atoms with Gasteiger partial charge in [-0.1, -0.05) is 48.2 Å². The van der Waals surface area contributed by atoms with Gasteiger partial charge in [-0.3, -0.25) is 10.0 Å². The molecule has 0 spiro atoms. The van der Waals surface area contributed by atoms with Crippen LogP contribution >= 0.6 is 11.8 Å². The quantitative estimate of drug-likeness (QED) is 0.481. The first-order valence-electron chi connectivity index (χ1n) is 7.65. The molecule has 3 aromatic rings. The Morgan fingerprint density at radius 3 is 2.77 bits per heavy atom. The van der Waals surface area contributed by atoms with E-state index >= 15 is 0 Å². The van der Waals surface area contributed by atoms with Gasteiger partial charge in [0.1, 0.15) is 0 Å². The molecule has 0 saturated heterocycles. The number of hydrogen-bond donors (Lipinski definition) is 2. The van der Waals surface area contributed by atoms with Crippen LogP contribution in [0.4, 0.5) is 11.4 Å². The standard InChI is InChI=1S/C17H15N4O4S/c22-15(18-13-7-4-8-14(10-13)21(23)24)11-26-17-20-19-16(25-17)9-12-5-2-1-3-6-12/h1-8,10,23H,9,11H2,(H,18,22)/q-1. The lowest BCUT2D eigenvalue weighted by Crippen LogP contribution is -2.14. The summed E-state index contributed by atoms with van der Waals surface area (Å²) in [4.78, 5) is 12.0. The number of benzene rings is 2. The maximum absolute atomic E-state index is 12.0. The summed E-state index contributed by atoms with van der Waals surface area (Å²) in [6, 6.07) is 15.7. The fourth-order valence-electron chi connectivity index (χ4n) is 2.17. The number of anilines is 2. The molecule has 0 fully saturated rings. The molecule has 0 saturated carbocycles. The van der Waals surface area contributed by atoms with Gasteiger partial charge in [0.2, 0.25) is 11.8 Å². The Bertz CT molecular complexity index is 870. The molecule has 1 aromatic heterocycles. The maximum atomic E-state index is 12.0. The second kappa shape index (κ2) is 8.48. The normalized spacial score (nSPS) is 10.5. The average Bonchev–Trinajstić information content (AvgIpc) is 3.08. The third-order valence-electron chi connectivity index (χ3n) is 3.32. The minimum atomic E-state index is -0.301. The van der Waals surface area contributed by atoms with Crippen LogP contribution in [0.25, 0.3) is 0 Å². The summed E-state index contributed by atoms with van der Waals surface area (Å²) in [7, 11) is 0. The zero-order valence-electron chi connectivity index (χ0n) is 13.5. The molecule has 2 N–H and O–H groups in total. The van der Waals surface area contributed by atoms with Crippen LogP contribution in [0.3, 0.4) is 0 Å². The van der Waals surface area contributed by atoms with Crippen molar-refractivity contribution in [2.75, 3.05) is 16.3 Å². The van der Waals surface area contributed by atoms with Gasteiger partial charge in [-0.25, -0.2) is 0 Å². The fourth-order valence-corrected chi connectivity index (χ4v) is 2.75. The second-order valence-corrected chi connectivity index (χ2v) is 6.21. The van der Waals surface area contributed by atoms with Crippen molar-refractivity contribution < 1.29 is 14.4 Å². The third kappa shape index (κ3) is 5.06. The summed E-state index contributed by atoms with van der Waals surface area (Å²) in [5.41, 5.74) is 1.48. The van der Waals surface area contributed by atoms with Crippen LogP contribution in [0.1, 0.15) is 11.5 Å². The number of carbonyl (C=O) groups excluding carboxylic acids is 1. The largest absolute Gasteiger partial charge is 0.733 e. The van der Waals surface area contributed by atoms with Crippen LogP contribution < -0.4 is 10.5 Å². The molecule has 0 aliphatic carbocycles. The molecule has 9 heteroatoms. The predicted octanol–water partition coefficient (Wildman–Crippen LogP) is 3.08. The monoisotopic (exact) mass is 371 g/mol. The van der Waals surface area contributed by atoms with Gasteiger partial charge in [0, 0.05) is 5.69 Å². The van der Waals surface area contributed by atoms with Gasteiger partial charge in [0.05, 0.1) is 17.9 Å². The van der Waals surface area contributed by atoms with Crippen LogP contribution in [-0.2, 0) is 11.2 Å². The van der Waals surface area contributed by atoms with Crippen molar-refractivity contribution in [1.29, 1.82) is 0 Å². The van der Waals surface area contributed by atoms with Crippen molar-refractivity contribution >= 4 is 29.0 Å². The van der Waals surface area contributed by atoms with E-state index in [1.807, 2.05) is 30.3 Å². The van der Waals surface area contributed by atoms with E-state index in [2.05, 4.69) is 15.5 Å². The Hall–Kier alpha value is -2.88. The van der Waals surface area contributed by atoms with E-state index in [1.165, 1.54) is 12.1 Å². The average molecular weight is 371 g/mol. The van der Waals surface area contributed by atoms with E-state index < -0.39 is 0 Å². The summed E-state index contributed by atoms with van der Waals surface area (Å²) < 4.78 is 5.52. The van der Waals surface area contributed by atoms with Crippen LogP contribution in [0.5, 0.6) is 0 Å². The number of thioether (sulfide) groups is 1. The summed E-state index contributed by atoms with van der Waals surface area (Å²) in [6.45, 7) is 0. The first-order chi connectivity index (χ1) is 12.6. The SMILES string of the molecule is O=C(CSc1nnc(Cc2ccccc2)o1)Nc1cccc(N([O-])O)c1. The summed E-state index contributed by atoms with van der Waals surface area (Å²) >= 11 is 1.12. The van der Waals surface area contributed by atoms with E-state index in [1.54, 1.807) is 12.1 Å². The highest BCUT2D eigenvalue weighted by Gasteiger charge is 2.10. The Morgan fingerprint density at radius 1 is 1.19 bits per heavy atom. The van der Waals surface area contributed by atoms with Gasteiger partial charge < -0.3 is 20.2 Å². The van der Waals surface area contributed by atoms with Gasteiger partial charge in [0.25, 0.3) is 5.22 Å². The highest BCUT2D eigenvalue weighted by molar-refractivity contribution is 7.99. The minimum absolute atomic E-state index is 0.0258. The van der Waals surface area contributed by atoms with Crippen LogP contribution in [0.15, 0.2) is 64.2 Å². The third-order valence-corrected chi connectivity index (χ3v) is 4.14. The number of amides is 1. The number of aromatic nitrogens is 2. The van der Waals surface area contributed by atoms with E-state index in [4.69, 9.17) is 9.62 Å². The number of rotatable bonds is 7. The zero-order valence-corrected chi connectivity index (χ0v) is 14.3. The molecular weight excluding hydrogens is 356 g/mol. The van der Waals surface area contributed by atoms with Gasteiger partial charge in [-0.2, -0.15) is 0 Å². The maximum Gasteiger partial charge on any atom is 0.277 e. The molecule has 8 nitrogen and oxygen atoms in total. The van der Waals surface area contributed by atoms with Gasteiger partial charge in [-0.05, 0) is 23.8 Å². The van der Waals surface area contributed by atoms with E-state index in [0.29, 0.717) is 23.2 Å². The van der Waals surface area contributed by atoms with Gasteiger partial charge >= 0.3 is 0 Å². The predicted molar refractivity (Wildman–Crippen MR) is 97.0 cm³/mol. The lowest BCUT2D eigenvalue weighted by molar-refractivity contribution is -0.113. The van der Waals surface area contributed by atoms with Crippen molar-refractivity contribution in [2.24, 2.45) is 0 Å². The molecule has 0 bridgehead atoms. The molecule has 0 aliphatic heterocycles. The summed E-state index contributed by atoms with van der Waals surface area (Å²) in [6.07, 6.45) is 0.528. The number of nitrogens with one attached hydrogen (secondary N) is 1.